The van der Waals surface area contributed by atoms with Gasteiger partial charge in [0.1, 0.15) is 5.76 Å². The zero-order valence-electron chi connectivity index (χ0n) is 17.8. The second-order valence-electron chi connectivity index (χ2n) is 9.00. The van der Waals surface area contributed by atoms with E-state index in [9.17, 15) is 4.79 Å². The fourth-order valence-electron chi connectivity index (χ4n) is 4.71. The highest BCUT2D eigenvalue weighted by Crippen LogP contribution is 2.26. The molecule has 0 bridgehead atoms. The van der Waals surface area contributed by atoms with Crippen molar-refractivity contribution in [3.63, 3.8) is 0 Å². The highest BCUT2D eigenvalue weighted by molar-refractivity contribution is 5.97. The third-order valence-corrected chi connectivity index (χ3v) is 6.67. The zero-order valence-corrected chi connectivity index (χ0v) is 17.8. The molecule has 0 radical (unpaired) electrons. The number of anilines is 1. The Bertz CT molecular complexity index is 984. The summed E-state index contributed by atoms with van der Waals surface area (Å²) in [6, 6.07) is 4.17. The van der Waals surface area contributed by atoms with Gasteiger partial charge in [0.25, 0.3) is 5.56 Å². The zero-order chi connectivity index (χ0) is 20.5. The van der Waals surface area contributed by atoms with Gasteiger partial charge in [-0.15, -0.1) is 0 Å². The van der Waals surface area contributed by atoms with Crippen LogP contribution in [0, 0.1) is 5.92 Å². The van der Waals surface area contributed by atoms with E-state index in [4.69, 9.17) is 9.40 Å². The Morgan fingerprint density at radius 1 is 1.17 bits per heavy atom. The molecule has 2 aromatic rings. The van der Waals surface area contributed by atoms with E-state index < -0.39 is 0 Å². The predicted molar refractivity (Wildman–Crippen MR) is 117 cm³/mol. The van der Waals surface area contributed by atoms with Crippen molar-refractivity contribution >= 4 is 11.6 Å². The molecule has 0 atom stereocenters. The predicted octanol–water partition coefficient (Wildman–Crippen LogP) is 3.13. The standard InChI is InChI=1S/C23H31N5O2/c1-16-7-12-28(13-8-16)21-6-5-17(30-21)14-27-11-9-19-18(15-27)23(29)26-22(25-19)20-4-2-3-10-24-20/h5-6,16H,2-4,7-15H2,1H3,(H,25,26,29). The summed E-state index contributed by atoms with van der Waals surface area (Å²) in [7, 11) is 0. The lowest BCUT2D eigenvalue weighted by Gasteiger charge is -2.30. The van der Waals surface area contributed by atoms with Crippen LogP contribution in [0.1, 0.15) is 61.9 Å². The molecular formula is C23H31N5O2. The Morgan fingerprint density at radius 3 is 2.83 bits per heavy atom. The molecule has 7 nitrogen and oxygen atoms in total. The molecule has 0 saturated carbocycles. The number of fused-ring (bicyclic) bond motifs is 1. The maximum Gasteiger partial charge on any atom is 0.255 e. The molecule has 0 spiro atoms. The van der Waals surface area contributed by atoms with Gasteiger partial charge in [-0.2, -0.15) is 0 Å². The van der Waals surface area contributed by atoms with Crippen LogP contribution in [0.25, 0.3) is 0 Å². The summed E-state index contributed by atoms with van der Waals surface area (Å²) < 4.78 is 6.14. The summed E-state index contributed by atoms with van der Waals surface area (Å²) in [5.41, 5.74) is 2.66. The first-order valence-corrected chi connectivity index (χ1v) is 11.4. The Hall–Kier alpha value is -2.41. The van der Waals surface area contributed by atoms with Gasteiger partial charge in [-0.1, -0.05) is 6.92 Å². The summed E-state index contributed by atoms with van der Waals surface area (Å²) in [6.45, 7) is 7.51. The van der Waals surface area contributed by atoms with Crippen molar-refractivity contribution in [3.8, 4) is 0 Å². The Labute approximate surface area is 177 Å². The van der Waals surface area contributed by atoms with Gasteiger partial charge in [0, 0.05) is 45.2 Å². The molecule has 1 saturated heterocycles. The van der Waals surface area contributed by atoms with E-state index in [1.54, 1.807) is 0 Å². The number of aromatic amines is 1. The van der Waals surface area contributed by atoms with Crippen molar-refractivity contribution in [1.82, 2.24) is 14.9 Å². The van der Waals surface area contributed by atoms with Crippen LogP contribution in [0.3, 0.4) is 0 Å². The van der Waals surface area contributed by atoms with Crippen LogP contribution >= 0.6 is 0 Å². The van der Waals surface area contributed by atoms with Crippen molar-refractivity contribution in [1.29, 1.82) is 0 Å². The van der Waals surface area contributed by atoms with E-state index in [-0.39, 0.29) is 5.56 Å². The molecule has 1 N–H and O–H groups in total. The van der Waals surface area contributed by atoms with Crippen LogP contribution in [0.5, 0.6) is 0 Å². The number of aromatic nitrogens is 2. The summed E-state index contributed by atoms with van der Waals surface area (Å²) in [4.78, 5) is 29.7. The van der Waals surface area contributed by atoms with Crippen LogP contribution in [-0.2, 0) is 19.5 Å². The summed E-state index contributed by atoms with van der Waals surface area (Å²) in [5.74, 6) is 3.43. The smallest absolute Gasteiger partial charge is 0.255 e. The minimum absolute atomic E-state index is 0.0180. The third-order valence-electron chi connectivity index (χ3n) is 6.67. The SMILES string of the molecule is CC1CCN(c2ccc(CN3CCc4nc(C5=NCCCC5)[nH]c(=O)c4C3)o2)CC1. The molecular weight excluding hydrogens is 378 g/mol. The second-order valence-corrected chi connectivity index (χ2v) is 9.00. The molecule has 0 aromatic carbocycles. The van der Waals surface area contributed by atoms with Gasteiger partial charge in [0.05, 0.1) is 23.5 Å². The maximum atomic E-state index is 12.8. The molecule has 5 heterocycles. The largest absolute Gasteiger partial charge is 0.444 e. The second kappa shape index (κ2) is 8.38. The van der Waals surface area contributed by atoms with Crippen LogP contribution in [0.2, 0.25) is 0 Å². The molecule has 5 rings (SSSR count). The lowest BCUT2D eigenvalue weighted by Crippen LogP contribution is -2.36. The van der Waals surface area contributed by atoms with Gasteiger partial charge in [0.2, 0.25) is 0 Å². The van der Waals surface area contributed by atoms with Gasteiger partial charge in [0.15, 0.2) is 11.7 Å². The van der Waals surface area contributed by atoms with Gasteiger partial charge in [-0.3, -0.25) is 14.7 Å². The van der Waals surface area contributed by atoms with Crippen LogP contribution in [-0.4, -0.2) is 46.8 Å². The van der Waals surface area contributed by atoms with E-state index >= 15 is 0 Å². The molecule has 0 aliphatic carbocycles. The molecule has 7 heteroatoms. The quantitative estimate of drug-likeness (QED) is 0.839. The molecule has 160 valence electrons. The summed E-state index contributed by atoms with van der Waals surface area (Å²) in [6.07, 6.45) is 6.39. The highest BCUT2D eigenvalue weighted by atomic mass is 16.4. The van der Waals surface area contributed by atoms with Crippen molar-refractivity contribution < 1.29 is 4.42 Å². The van der Waals surface area contributed by atoms with Crippen molar-refractivity contribution in [2.24, 2.45) is 10.9 Å². The first-order valence-electron chi connectivity index (χ1n) is 11.4. The molecule has 0 amide bonds. The fourth-order valence-corrected chi connectivity index (χ4v) is 4.71. The molecule has 0 unspecified atom stereocenters. The molecule has 3 aliphatic heterocycles. The topological polar surface area (TPSA) is 77.7 Å². The van der Waals surface area contributed by atoms with E-state index in [0.29, 0.717) is 12.4 Å². The minimum Gasteiger partial charge on any atom is -0.444 e. The first-order chi connectivity index (χ1) is 14.7. The highest BCUT2D eigenvalue weighted by Gasteiger charge is 2.24. The van der Waals surface area contributed by atoms with E-state index in [0.717, 1.165) is 92.9 Å². The maximum absolute atomic E-state index is 12.8. The van der Waals surface area contributed by atoms with Gasteiger partial charge >= 0.3 is 0 Å². The van der Waals surface area contributed by atoms with E-state index in [1.807, 2.05) is 0 Å². The van der Waals surface area contributed by atoms with Crippen LogP contribution in [0.15, 0.2) is 26.3 Å². The number of nitrogens with zero attached hydrogens (tertiary/aromatic N) is 4. The summed E-state index contributed by atoms with van der Waals surface area (Å²) in [5, 5.41) is 0. The lowest BCUT2D eigenvalue weighted by atomic mass is 9.99. The van der Waals surface area contributed by atoms with Gasteiger partial charge < -0.3 is 14.3 Å². The number of hydrogen-bond donors (Lipinski definition) is 1. The number of H-pyrrole nitrogens is 1. The normalized spacial score (nSPS) is 20.8. The van der Waals surface area contributed by atoms with Crippen molar-refractivity contribution in [2.75, 3.05) is 31.1 Å². The fraction of sp³-hybridized carbons (Fsp3) is 0.609. The number of rotatable bonds is 4. The first kappa shape index (κ1) is 19.5. The Balaban J connectivity index is 1.26. The van der Waals surface area contributed by atoms with E-state index in [1.165, 1.54) is 12.8 Å². The van der Waals surface area contributed by atoms with Crippen LogP contribution < -0.4 is 10.5 Å². The number of furan rings is 1. The van der Waals surface area contributed by atoms with Crippen LogP contribution in [0.4, 0.5) is 5.88 Å². The monoisotopic (exact) mass is 409 g/mol. The van der Waals surface area contributed by atoms with Crippen molar-refractivity contribution in [2.45, 2.75) is 58.5 Å². The number of aliphatic imine (C=N–C) groups is 1. The van der Waals surface area contributed by atoms with E-state index in [2.05, 4.69) is 38.8 Å². The average Bonchev–Trinajstić information content (AvgIpc) is 3.23. The lowest BCUT2D eigenvalue weighted by molar-refractivity contribution is 0.222. The average molecular weight is 410 g/mol. The molecule has 3 aliphatic rings. The number of nitrogens with one attached hydrogen (secondary N) is 1. The minimum atomic E-state index is -0.0180. The molecule has 30 heavy (non-hydrogen) atoms. The number of hydrogen-bond acceptors (Lipinski definition) is 6. The Kier molecular flexibility index (Phi) is 5.46. The van der Waals surface area contributed by atoms with Gasteiger partial charge in [-0.25, -0.2) is 4.98 Å². The Morgan fingerprint density at radius 2 is 2.03 bits per heavy atom. The van der Waals surface area contributed by atoms with Gasteiger partial charge in [-0.05, 0) is 44.1 Å². The third kappa shape index (κ3) is 4.08. The number of piperidine rings is 1. The van der Waals surface area contributed by atoms with Crippen molar-refractivity contribution in [3.05, 3.63) is 45.3 Å². The summed E-state index contributed by atoms with van der Waals surface area (Å²) >= 11 is 0. The molecule has 1 fully saturated rings. The molecule has 2 aromatic heterocycles.